The van der Waals surface area contributed by atoms with Crippen LogP contribution in [0.4, 0.5) is 0 Å². The third kappa shape index (κ3) is 47.6. The van der Waals surface area contributed by atoms with Gasteiger partial charge in [-0.2, -0.15) is 0 Å². The van der Waals surface area contributed by atoms with Gasteiger partial charge in [0, 0.05) is 287 Å². The molecule has 5 N–H and O–H groups in total. The number of rotatable bonds is 21. The first-order valence-electron chi connectivity index (χ1n) is 37.7. The minimum Gasteiger partial charge on any atom is -0.456 e. The lowest BCUT2D eigenvalue weighted by Gasteiger charge is -2.47. The molecule has 26 heteroatoms. The number of hydrogen-bond acceptors (Lipinski definition) is 25. The van der Waals surface area contributed by atoms with Crippen LogP contribution >= 0.6 is 0 Å². The van der Waals surface area contributed by atoms with Crippen molar-refractivity contribution in [3.05, 3.63) is 35.5 Å². The Hall–Kier alpha value is -14.1. The van der Waals surface area contributed by atoms with E-state index in [1.54, 1.807) is 20.8 Å². The quantitative estimate of drug-likeness (QED) is 0.0136. The number of cyclic esters (lactones) is 1. The van der Waals surface area contributed by atoms with Crippen molar-refractivity contribution in [1.82, 2.24) is 10.5 Å². The van der Waals surface area contributed by atoms with Crippen LogP contribution in [0, 0.1) is 314 Å². The average Bonchev–Trinajstić information content (AvgIpc) is 0.768. The lowest BCUT2D eigenvalue weighted by Crippen LogP contribution is -2.64. The van der Waals surface area contributed by atoms with Gasteiger partial charge in [0.2, 0.25) is 5.79 Å². The fourth-order valence-electron chi connectivity index (χ4n) is 11.5. The Morgan fingerprint density at radius 3 is 1.44 bits per heavy atom. The summed E-state index contributed by atoms with van der Waals surface area (Å²) < 4.78 is 29.9. The van der Waals surface area contributed by atoms with E-state index >= 15 is 0 Å². The van der Waals surface area contributed by atoms with Crippen LogP contribution in [-0.2, 0) is 97.9 Å². The summed E-state index contributed by atoms with van der Waals surface area (Å²) in [5.41, 5.74) is 3.00. The van der Waals surface area contributed by atoms with E-state index in [9.17, 15) is 34.2 Å². The number of aliphatic hydroxyl groups is 2. The summed E-state index contributed by atoms with van der Waals surface area (Å²) >= 11 is 0. The lowest BCUT2D eigenvalue weighted by atomic mass is 9.82. The Morgan fingerprint density at radius 1 is 0.573 bits per heavy atom. The van der Waals surface area contributed by atoms with Gasteiger partial charge in [0.1, 0.15) is 30.1 Å². The number of carbonyl (C=O) groups is 5. The van der Waals surface area contributed by atoms with Gasteiger partial charge in [-0.25, -0.2) is 15.3 Å². The fourth-order valence-corrected chi connectivity index (χ4v) is 11.5. The van der Waals surface area contributed by atoms with Crippen molar-refractivity contribution in [2.24, 2.45) is 29.6 Å². The van der Waals surface area contributed by atoms with Crippen molar-refractivity contribution in [1.29, 1.82) is 0 Å². The summed E-state index contributed by atoms with van der Waals surface area (Å²) in [6.07, 6.45) is 16.7. The van der Waals surface area contributed by atoms with Gasteiger partial charge in [-0.1, -0.05) is 86.3 Å². The van der Waals surface area contributed by atoms with Crippen molar-refractivity contribution in [3.8, 4) is 285 Å². The summed E-state index contributed by atoms with van der Waals surface area (Å²) in [6.45, 7) is 13.2. The van der Waals surface area contributed by atoms with E-state index in [2.05, 4.69) is 355 Å². The number of amides is 1. The van der Waals surface area contributed by atoms with E-state index in [1.165, 1.54) is 31.9 Å². The standard InChI is InChI=1S/C49H77NO12.C49H4.H3NO12.36H2/c1-10-11-12-13-14-15-18-36-24-30(2)23-31(3)25-42(59-8)45-43(60-9)27-33(5)49(57,62-45)46(54)47(55)50-22-17-16-19-37(50)48(56)61-44(34(6)39(52)29-40(36)53)32(4)26-35-20-21-38(51)41(28-35)58-7;1-3-5-7-9-11-13-15-17-19-21-23-25-27-29-31-33-35-37-39-41-43-45-47-49-48-46-44-42-40-38-36-34-32-30-28-26-24-22-20-18-16-14-12-10-8-6-4-2;2-6-10-12-8-4-1-5-9-13-11-7-3;;;;;;;;;;;;;;;;;;;;;;;;;;;;;;;;;;;;/h14-15,24,26,31,33-37,39,41-45,52,57H,10-13,16-23,25,27-29H2,1-9H3;1H,2H3;1-3H;36*1H/b15-14+,30-24+,32-26+;;;;;;;;;;;;;;;;;;;;;;;;;;;;;;;;;;;;;;/t31-,33+,34+,35-,36+,37-,39-,41+,42-,43-,44+,45+,49+;;;;;;;;;;;;;;;;;;;;;;;;;;;;;;;;;;;;;;/m0....................................../s1. The molecule has 0 radical (unpaired) electrons. The number of terminal acetylenes is 1. The minimum absolute atomic E-state index is 0. The molecule has 2 bridgehead atoms. The highest BCUT2D eigenvalue weighted by Crippen LogP contribution is 2.39. The zero-order valence-corrected chi connectivity index (χ0v) is 69.5. The van der Waals surface area contributed by atoms with Gasteiger partial charge in [-0.3, -0.25) is 19.2 Å². The molecule has 3 fully saturated rings. The normalized spacial score (nSPS) is 21.5. The van der Waals surface area contributed by atoms with Crippen LogP contribution in [0.3, 0.4) is 0 Å². The van der Waals surface area contributed by atoms with Crippen molar-refractivity contribution in [3.63, 3.8) is 0 Å². The number of unbranched alkanes of at least 4 members (excludes halogenated alkanes) is 3. The number of methoxy groups -OCH3 is 3. The van der Waals surface area contributed by atoms with E-state index in [-0.39, 0.29) is 101 Å². The predicted molar refractivity (Wildman–Crippen MR) is 523 cm³/mol. The zero-order chi connectivity index (χ0) is 90.7. The van der Waals surface area contributed by atoms with Gasteiger partial charge >= 0.3 is 5.97 Å². The number of carbonyl (C=O) groups excluding carboxylic acids is 5. The van der Waals surface area contributed by atoms with E-state index in [0.29, 0.717) is 56.9 Å². The number of nitrogens with one attached hydrogen (secondary N) is 1. The minimum atomic E-state index is -2.52. The number of hydrogen-bond donors (Lipinski definition) is 5. The maximum Gasteiger partial charge on any atom is 0.329 e. The second kappa shape index (κ2) is 69.6. The molecular formula is C98H156N2O24. The molecular weight excluding hydrogens is 1590 g/mol. The molecule has 0 aromatic carbocycles. The summed E-state index contributed by atoms with van der Waals surface area (Å²) in [7, 11) is 4.58. The van der Waals surface area contributed by atoms with Crippen LogP contribution in [0.5, 0.6) is 0 Å². The number of allylic oxidation sites excluding steroid dienone is 5. The summed E-state index contributed by atoms with van der Waals surface area (Å²) in [4.78, 5) is 78.3. The van der Waals surface area contributed by atoms with Crippen LogP contribution in [0.2, 0.25) is 0 Å². The highest BCUT2D eigenvalue weighted by atomic mass is 17.9. The Balaban J connectivity index is -0.0000000446. The van der Waals surface area contributed by atoms with Crippen LogP contribution in [0.25, 0.3) is 0 Å². The molecule has 0 aromatic heterocycles. The fraction of sp³-hybridized carbons (Fsp3) is 0.398. The predicted octanol–water partition coefficient (Wildman–Crippen LogP) is 15.2. The first kappa shape index (κ1) is 106. The molecule has 3 heterocycles. The van der Waals surface area contributed by atoms with Gasteiger partial charge in [-0.05, 0) is 249 Å². The van der Waals surface area contributed by atoms with Crippen LogP contribution < -0.4 is 5.64 Å². The third-order valence-electron chi connectivity index (χ3n) is 17.1. The lowest BCUT2D eigenvalue weighted by molar-refractivity contribution is -0.792. The summed E-state index contributed by atoms with van der Waals surface area (Å²) in [6, 6.07) is -1.15. The molecule has 0 aromatic rings. The smallest absolute Gasteiger partial charge is 0.329 e. The number of aliphatic hydroxyl groups excluding tert-OH is 1. The van der Waals surface area contributed by atoms with Gasteiger partial charge in [-0.15, -0.1) is 6.42 Å². The van der Waals surface area contributed by atoms with Crippen LogP contribution in [-0.4, -0.2) is 131 Å². The van der Waals surface area contributed by atoms with E-state index in [1.807, 2.05) is 26.0 Å². The molecule has 124 heavy (non-hydrogen) atoms. The summed E-state index contributed by atoms with van der Waals surface area (Å²) in [5.74, 6) is 109. The molecule has 1 amide bonds. The number of piperidine rings is 1. The number of ketones is 3. The molecule has 4 rings (SSSR count). The zero-order valence-electron chi connectivity index (χ0n) is 69.5. The van der Waals surface area contributed by atoms with Gasteiger partial charge < -0.3 is 38.8 Å². The molecule has 0 spiro atoms. The molecule has 4 aliphatic rings. The molecule has 13 atom stereocenters. The SMILES string of the molecule is C#CC#CC#CC#CC#CC#CC#CC#CC#CC#CC#CC#CC#CC#CC#CC#CC#CC#CC#CC#CC#CC#CC#CC#CC.CCCCC/C=C/C[C@@H]1/C=C(\C)C[C@H](C)C[C@H](OC)[C@H]2O[C@@](O)(C(=O)C(=O)N3CCCC[C@H]3C(=O)O[C@H](/C(C)=C/[C@@H]3CCC(=O)[C@H](OC)C3)[C@H](C)[C@@H](O)CC1=O)[C@H](C)C[C@@H]2OC.OOOOOONOOOOOO.[HH].[HH].[HH].[HH].[HH].[HH].[HH].[HH].[HH].[HH].[HH].[HH].[HH].[HH].[HH].[HH].[HH].[HH].[HH].[HH].[HH].[HH].[HH].[HH].[HH].[HH].[HH].[HH].[HH].[HH].[HH].[HH].[HH].[HH].[HH].[HH]. The number of Topliss-reactive ketones (excluding diaryl/α,β-unsaturated/α-hetero) is 3. The van der Waals surface area contributed by atoms with Crippen molar-refractivity contribution >= 4 is 29.2 Å². The van der Waals surface area contributed by atoms with Crippen LogP contribution in [0.1, 0.15) is 196 Å². The Bertz CT molecular complexity index is 5580. The maximum absolute atomic E-state index is 14.4. The highest BCUT2D eigenvalue weighted by molar-refractivity contribution is 6.39. The monoisotopic (exact) mass is 1750 g/mol. The molecule has 1 aliphatic carbocycles. The number of ether oxygens (including phenoxy) is 5. The van der Waals surface area contributed by atoms with Crippen molar-refractivity contribution in [2.75, 3.05) is 27.9 Å². The molecule has 702 valence electrons. The summed E-state index contributed by atoms with van der Waals surface area (Å²) in [5, 5.41) is 64.8. The van der Waals surface area contributed by atoms with Gasteiger partial charge in [0.25, 0.3) is 11.7 Å². The molecule has 0 unspecified atom stereocenters. The molecule has 26 nitrogen and oxygen atoms in total. The van der Waals surface area contributed by atoms with Gasteiger partial charge in [0.05, 0.1) is 18.3 Å². The first-order chi connectivity index (χ1) is 60.3. The van der Waals surface area contributed by atoms with E-state index < -0.39 is 83.9 Å². The van der Waals surface area contributed by atoms with E-state index in [4.69, 9.17) is 40.6 Å². The number of nitrogens with zero attached hydrogens (tertiary/aromatic N) is 1. The Morgan fingerprint density at radius 2 is 1.02 bits per heavy atom. The molecule has 3 aliphatic heterocycles. The van der Waals surface area contributed by atoms with Gasteiger partial charge in [0.15, 0.2) is 5.78 Å². The average molecular weight is 1750 g/mol. The largest absolute Gasteiger partial charge is 0.456 e. The van der Waals surface area contributed by atoms with Crippen LogP contribution in [0.15, 0.2) is 35.5 Å². The Kier molecular flexibility index (Phi) is 59.5. The topological polar surface area (TPSA) is 320 Å². The van der Waals surface area contributed by atoms with Crippen molar-refractivity contribution in [2.45, 2.75) is 193 Å². The van der Waals surface area contributed by atoms with E-state index in [0.717, 1.165) is 31.3 Å². The third-order valence-corrected chi connectivity index (χ3v) is 17.1. The first-order valence-corrected chi connectivity index (χ1v) is 37.7. The second-order valence-electron chi connectivity index (χ2n) is 25.6. The molecule has 1 saturated carbocycles. The second-order valence-corrected chi connectivity index (χ2v) is 25.6. The Labute approximate surface area is 779 Å². The van der Waals surface area contributed by atoms with Crippen molar-refractivity contribution < 1.29 is 170 Å². The number of esters is 1. The maximum atomic E-state index is 14.4. The number of fused-ring (bicyclic) bond motifs is 3. The highest BCUT2D eigenvalue weighted by Gasteiger charge is 2.57. The molecule has 2 saturated heterocycles.